The first-order chi connectivity index (χ1) is 7.47. The average molecular weight is 226 g/mol. The number of rotatable bonds is 3. The molecular weight excluding hydrogens is 216 g/mol. The van der Waals surface area contributed by atoms with Gasteiger partial charge in [-0.25, -0.2) is 0 Å². The Hall–Kier alpha value is -2.15. The van der Waals surface area contributed by atoms with Gasteiger partial charge in [0.05, 0.1) is 12.0 Å². The van der Waals surface area contributed by atoms with Crippen molar-refractivity contribution in [2.24, 2.45) is 5.73 Å². The number of carbonyl (C=O) groups is 1. The molecule has 1 aromatic rings. The molecule has 0 bridgehead atoms. The number of benzene rings is 1. The van der Waals surface area contributed by atoms with Gasteiger partial charge in [0, 0.05) is 6.07 Å². The second kappa shape index (κ2) is 4.58. The lowest BCUT2D eigenvalue weighted by molar-refractivity contribution is -0.385. The summed E-state index contributed by atoms with van der Waals surface area (Å²) in [6.45, 7) is 0. The van der Waals surface area contributed by atoms with Crippen LogP contribution in [-0.2, 0) is 9.53 Å². The number of hydrogen-bond donors (Lipinski definition) is 2. The van der Waals surface area contributed by atoms with Gasteiger partial charge in [0.1, 0.15) is 6.04 Å². The van der Waals surface area contributed by atoms with Crippen LogP contribution >= 0.6 is 0 Å². The van der Waals surface area contributed by atoms with Gasteiger partial charge < -0.3 is 15.6 Å². The number of carbonyl (C=O) groups excluding carboxylic acids is 1. The van der Waals surface area contributed by atoms with Crippen molar-refractivity contribution < 1.29 is 19.6 Å². The van der Waals surface area contributed by atoms with E-state index in [1.54, 1.807) is 0 Å². The molecule has 3 N–H and O–H groups in total. The van der Waals surface area contributed by atoms with Crippen LogP contribution in [0.1, 0.15) is 11.6 Å². The van der Waals surface area contributed by atoms with Crippen LogP contribution in [-0.4, -0.2) is 23.1 Å². The summed E-state index contributed by atoms with van der Waals surface area (Å²) in [7, 11) is 1.17. The normalized spacial score (nSPS) is 11.9. The molecule has 1 rings (SSSR count). The first kappa shape index (κ1) is 11.9. The molecule has 0 saturated carbocycles. The van der Waals surface area contributed by atoms with E-state index in [-0.39, 0.29) is 5.56 Å². The first-order valence-corrected chi connectivity index (χ1v) is 4.28. The Morgan fingerprint density at radius 1 is 1.62 bits per heavy atom. The smallest absolute Gasteiger partial charge is 0.327 e. The molecule has 1 aromatic carbocycles. The molecule has 86 valence electrons. The molecule has 0 spiro atoms. The van der Waals surface area contributed by atoms with E-state index in [0.29, 0.717) is 0 Å². The van der Waals surface area contributed by atoms with Crippen LogP contribution in [0.3, 0.4) is 0 Å². The lowest BCUT2D eigenvalue weighted by Gasteiger charge is -2.09. The van der Waals surface area contributed by atoms with E-state index in [0.717, 1.165) is 12.1 Å². The Kier molecular flexibility index (Phi) is 3.41. The van der Waals surface area contributed by atoms with Gasteiger partial charge in [0.15, 0.2) is 5.75 Å². The third-order valence-corrected chi connectivity index (χ3v) is 2.01. The van der Waals surface area contributed by atoms with E-state index in [1.807, 2.05) is 0 Å². The average Bonchev–Trinajstić information content (AvgIpc) is 2.26. The minimum Gasteiger partial charge on any atom is -0.502 e. The van der Waals surface area contributed by atoms with Crippen molar-refractivity contribution in [2.75, 3.05) is 7.11 Å². The second-order valence-electron chi connectivity index (χ2n) is 3.01. The third kappa shape index (κ3) is 2.26. The van der Waals surface area contributed by atoms with Gasteiger partial charge in [-0.3, -0.25) is 14.9 Å². The van der Waals surface area contributed by atoms with Crippen LogP contribution in [0.5, 0.6) is 5.75 Å². The number of nitrogens with zero attached hydrogens (tertiary/aromatic N) is 1. The maximum absolute atomic E-state index is 11.1. The Labute approximate surface area is 90.6 Å². The zero-order valence-corrected chi connectivity index (χ0v) is 8.41. The van der Waals surface area contributed by atoms with Crippen molar-refractivity contribution >= 4 is 11.7 Å². The molecule has 16 heavy (non-hydrogen) atoms. The van der Waals surface area contributed by atoms with Gasteiger partial charge >= 0.3 is 11.7 Å². The molecule has 0 aliphatic carbocycles. The molecule has 0 aromatic heterocycles. The highest BCUT2D eigenvalue weighted by Crippen LogP contribution is 2.28. The molecule has 0 fully saturated rings. The van der Waals surface area contributed by atoms with Crippen molar-refractivity contribution in [3.05, 3.63) is 33.9 Å². The highest BCUT2D eigenvalue weighted by Gasteiger charge is 2.20. The molecule has 0 aliphatic rings. The van der Waals surface area contributed by atoms with Crippen LogP contribution in [0.4, 0.5) is 5.69 Å². The number of phenols is 1. The molecule has 0 heterocycles. The van der Waals surface area contributed by atoms with Gasteiger partial charge in [-0.05, 0) is 17.7 Å². The molecule has 0 aliphatic heterocycles. The maximum Gasteiger partial charge on any atom is 0.327 e. The van der Waals surface area contributed by atoms with E-state index in [9.17, 15) is 20.0 Å². The predicted octanol–water partition coefficient (Wildman–Crippen LogP) is 0.473. The Bertz CT molecular complexity index is 432. The Morgan fingerprint density at radius 3 is 2.69 bits per heavy atom. The number of nitrogens with two attached hydrogens (primary N) is 1. The number of methoxy groups -OCH3 is 1. The summed E-state index contributed by atoms with van der Waals surface area (Å²) in [6.07, 6.45) is 0. The van der Waals surface area contributed by atoms with Gasteiger partial charge in [-0.15, -0.1) is 0 Å². The molecule has 1 unspecified atom stereocenters. The highest BCUT2D eigenvalue weighted by molar-refractivity contribution is 5.77. The van der Waals surface area contributed by atoms with Crippen LogP contribution in [0.25, 0.3) is 0 Å². The fourth-order valence-corrected chi connectivity index (χ4v) is 1.15. The molecule has 7 nitrogen and oxygen atoms in total. The van der Waals surface area contributed by atoms with Crippen LogP contribution in [0.15, 0.2) is 18.2 Å². The van der Waals surface area contributed by atoms with E-state index < -0.39 is 28.4 Å². The van der Waals surface area contributed by atoms with Crippen molar-refractivity contribution in [1.29, 1.82) is 0 Å². The molecule has 1 atom stereocenters. The molecule has 7 heteroatoms. The minimum absolute atomic E-state index is 0.245. The second-order valence-corrected chi connectivity index (χ2v) is 3.01. The Balaban J connectivity index is 3.06. The molecule has 0 saturated heterocycles. The minimum atomic E-state index is -1.07. The SMILES string of the molecule is COC(=O)C(N)c1ccc([N+](=O)[O-])c(O)c1. The lowest BCUT2D eigenvalue weighted by atomic mass is 10.1. The van der Waals surface area contributed by atoms with Gasteiger partial charge in [0.25, 0.3) is 0 Å². The van der Waals surface area contributed by atoms with Crippen molar-refractivity contribution in [3.8, 4) is 5.75 Å². The van der Waals surface area contributed by atoms with Crippen LogP contribution in [0.2, 0.25) is 0 Å². The monoisotopic (exact) mass is 226 g/mol. The number of nitro groups is 1. The summed E-state index contributed by atoms with van der Waals surface area (Å²) in [4.78, 5) is 20.8. The maximum atomic E-state index is 11.1. The standard InChI is InChI=1S/C9H10N2O5/c1-16-9(13)8(10)5-2-3-6(11(14)15)7(12)4-5/h2-4,8,12H,10H2,1H3. The van der Waals surface area contributed by atoms with E-state index in [2.05, 4.69) is 4.74 Å². The summed E-state index contributed by atoms with van der Waals surface area (Å²) >= 11 is 0. The largest absolute Gasteiger partial charge is 0.502 e. The van der Waals surface area contributed by atoms with Crippen molar-refractivity contribution in [2.45, 2.75) is 6.04 Å². The summed E-state index contributed by atoms with van der Waals surface area (Å²) in [5.41, 5.74) is 5.29. The first-order valence-electron chi connectivity index (χ1n) is 4.28. The highest BCUT2D eigenvalue weighted by atomic mass is 16.6. The Morgan fingerprint density at radius 2 is 2.25 bits per heavy atom. The van der Waals surface area contributed by atoms with Gasteiger partial charge in [-0.2, -0.15) is 0 Å². The van der Waals surface area contributed by atoms with Crippen molar-refractivity contribution in [3.63, 3.8) is 0 Å². The number of phenolic OH excluding ortho intramolecular Hbond substituents is 1. The summed E-state index contributed by atoms with van der Waals surface area (Å²) in [5, 5.41) is 19.7. The van der Waals surface area contributed by atoms with E-state index in [1.165, 1.54) is 13.2 Å². The number of nitro benzene ring substituents is 1. The number of aromatic hydroxyl groups is 1. The quantitative estimate of drug-likeness (QED) is 0.439. The topological polar surface area (TPSA) is 116 Å². The number of esters is 1. The number of hydrogen-bond acceptors (Lipinski definition) is 6. The number of ether oxygens (including phenoxy) is 1. The molecule has 0 amide bonds. The fourth-order valence-electron chi connectivity index (χ4n) is 1.15. The fraction of sp³-hybridized carbons (Fsp3) is 0.222. The predicted molar refractivity (Wildman–Crippen MR) is 53.7 cm³/mol. The third-order valence-electron chi connectivity index (χ3n) is 2.01. The van der Waals surface area contributed by atoms with E-state index >= 15 is 0 Å². The zero-order chi connectivity index (χ0) is 12.3. The summed E-state index contributed by atoms with van der Waals surface area (Å²) in [5.74, 6) is -1.23. The van der Waals surface area contributed by atoms with E-state index in [4.69, 9.17) is 5.73 Å². The lowest BCUT2D eigenvalue weighted by Crippen LogP contribution is -2.22. The van der Waals surface area contributed by atoms with Gasteiger partial charge in [-0.1, -0.05) is 0 Å². The zero-order valence-electron chi connectivity index (χ0n) is 8.41. The van der Waals surface area contributed by atoms with Crippen LogP contribution in [0, 0.1) is 10.1 Å². The van der Waals surface area contributed by atoms with Gasteiger partial charge in [0.2, 0.25) is 0 Å². The molecular formula is C9H10N2O5. The summed E-state index contributed by atoms with van der Waals surface area (Å²) in [6, 6.07) is 2.36. The molecule has 0 radical (unpaired) electrons. The van der Waals surface area contributed by atoms with Crippen LogP contribution < -0.4 is 5.73 Å². The van der Waals surface area contributed by atoms with Crippen molar-refractivity contribution in [1.82, 2.24) is 0 Å². The summed E-state index contributed by atoms with van der Waals surface area (Å²) < 4.78 is 4.40.